The lowest BCUT2D eigenvalue weighted by atomic mass is 10.2. The van der Waals surface area contributed by atoms with Crippen molar-refractivity contribution in [1.82, 2.24) is 0 Å². The van der Waals surface area contributed by atoms with Gasteiger partial charge in [-0.1, -0.05) is 30.3 Å². The lowest BCUT2D eigenvalue weighted by molar-refractivity contribution is -0.145. The van der Waals surface area contributed by atoms with E-state index in [1.165, 1.54) is 0 Å². The van der Waals surface area contributed by atoms with Crippen LogP contribution in [0.4, 0.5) is 0 Å². The molecule has 0 bridgehead atoms. The fourth-order valence-electron chi connectivity index (χ4n) is 1.06. The van der Waals surface area contributed by atoms with Gasteiger partial charge in [-0.2, -0.15) is 0 Å². The smallest absolute Gasteiger partial charge is 0.307 e. The van der Waals surface area contributed by atoms with Crippen LogP contribution in [-0.4, -0.2) is 12.0 Å². The number of nitrogens with two attached hydrogens (primary N) is 1. The highest BCUT2D eigenvalue weighted by Gasteiger charge is 2.05. The fraction of sp³-hybridized carbons (Fsp3) is 0.364. The Bertz CT molecular complexity index is 283. The molecule has 1 atom stereocenters. The van der Waals surface area contributed by atoms with E-state index in [9.17, 15) is 4.79 Å². The van der Waals surface area contributed by atoms with E-state index in [1.807, 2.05) is 30.3 Å². The molecule has 0 aliphatic rings. The largest absolute Gasteiger partial charge is 0.461 e. The van der Waals surface area contributed by atoms with Gasteiger partial charge in [0.25, 0.3) is 0 Å². The molecule has 3 nitrogen and oxygen atoms in total. The minimum absolute atomic E-state index is 0.140. The standard InChI is InChI=1S/C11H15NO2/c1-9(12)7-11(13)14-8-10-5-3-2-4-6-10/h2-6,9H,7-8,12H2,1H3/t9-/m1/s1. The number of esters is 1. The zero-order valence-electron chi connectivity index (χ0n) is 8.27. The lowest BCUT2D eigenvalue weighted by Crippen LogP contribution is -2.20. The average molecular weight is 193 g/mol. The zero-order chi connectivity index (χ0) is 10.4. The predicted octanol–water partition coefficient (Wildman–Crippen LogP) is 1.47. The number of hydrogen-bond acceptors (Lipinski definition) is 3. The van der Waals surface area contributed by atoms with Crippen LogP contribution < -0.4 is 5.73 Å². The summed E-state index contributed by atoms with van der Waals surface area (Å²) in [6.07, 6.45) is 0.271. The summed E-state index contributed by atoms with van der Waals surface area (Å²) in [5.74, 6) is -0.246. The number of rotatable bonds is 4. The Morgan fingerprint density at radius 2 is 2.07 bits per heavy atom. The minimum atomic E-state index is -0.246. The minimum Gasteiger partial charge on any atom is -0.461 e. The molecule has 0 aliphatic carbocycles. The molecule has 3 heteroatoms. The van der Waals surface area contributed by atoms with Gasteiger partial charge >= 0.3 is 5.97 Å². The van der Waals surface area contributed by atoms with E-state index in [1.54, 1.807) is 6.92 Å². The first-order chi connectivity index (χ1) is 6.68. The maximum absolute atomic E-state index is 11.1. The van der Waals surface area contributed by atoms with Crippen LogP contribution >= 0.6 is 0 Å². The Hall–Kier alpha value is -1.35. The first-order valence-electron chi connectivity index (χ1n) is 4.63. The van der Waals surface area contributed by atoms with Crippen molar-refractivity contribution in [3.8, 4) is 0 Å². The van der Waals surface area contributed by atoms with Crippen molar-refractivity contribution >= 4 is 5.97 Å². The van der Waals surface area contributed by atoms with Gasteiger partial charge in [-0.15, -0.1) is 0 Å². The van der Waals surface area contributed by atoms with Crippen molar-refractivity contribution in [2.45, 2.75) is 26.0 Å². The summed E-state index contributed by atoms with van der Waals surface area (Å²) in [7, 11) is 0. The predicted molar refractivity (Wildman–Crippen MR) is 54.5 cm³/mol. The highest BCUT2D eigenvalue weighted by Crippen LogP contribution is 2.02. The monoisotopic (exact) mass is 193 g/mol. The van der Waals surface area contributed by atoms with E-state index in [2.05, 4.69) is 0 Å². The highest BCUT2D eigenvalue weighted by molar-refractivity contribution is 5.70. The Balaban J connectivity index is 2.31. The molecule has 0 spiro atoms. The Kier molecular flexibility index (Phi) is 4.13. The van der Waals surface area contributed by atoms with Crippen LogP contribution in [0.15, 0.2) is 30.3 Å². The summed E-state index contributed by atoms with van der Waals surface area (Å²) in [4.78, 5) is 11.1. The third-order valence-electron chi connectivity index (χ3n) is 1.73. The van der Waals surface area contributed by atoms with E-state index >= 15 is 0 Å². The molecule has 1 rings (SSSR count). The van der Waals surface area contributed by atoms with E-state index < -0.39 is 0 Å². The fourth-order valence-corrected chi connectivity index (χ4v) is 1.06. The Morgan fingerprint density at radius 3 is 2.64 bits per heavy atom. The second-order valence-corrected chi connectivity index (χ2v) is 3.33. The highest BCUT2D eigenvalue weighted by atomic mass is 16.5. The second kappa shape index (κ2) is 5.40. The van der Waals surface area contributed by atoms with Gasteiger partial charge in [-0.3, -0.25) is 4.79 Å². The lowest BCUT2D eigenvalue weighted by Gasteiger charge is -2.06. The molecule has 2 N–H and O–H groups in total. The molecule has 0 amide bonds. The van der Waals surface area contributed by atoms with Crippen LogP contribution in [-0.2, 0) is 16.1 Å². The van der Waals surface area contributed by atoms with E-state index in [0.29, 0.717) is 6.61 Å². The summed E-state index contributed by atoms with van der Waals surface area (Å²) < 4.78 is 5.02. The molecule has 0 saturated carbocycles. The number of carbonyl (C=O) groups excluding carboxylic acids is 1. The van der Waals surface area contributed by atoms with Gasteiger partial charge in [0.15, 0.2) is 0 Å². The third kappa shape index (κ3) is 4.05. The molecule has 1 aromatic rings. The molecular weight excluding hydrogens is 178 g/mol. The van der Waals surface area contributed by atoms with Crippen LogP contribution in [0.3, 0.4) is 0 Å². The van der Waals surface area contributed by atoms with Crippen molar-refractivity contribution in [3.63, 3.8) is 0 Å². The second-order valence-electron chi connectivity index (χ2n) is 3.33. The molecule has 0 aliphatic heterocycles. The van der Waals surface area contributed by atoms with Gasteiger partial charge < -0.3 is 10.5 Å². The summed E-state index contributed by atoms with van der Waals surface area (Å²) in [6.45, 7) is 2.11. The van der Waals surface area contributed by atoms with Crippen LogP contribution in [0.2, 0.25) is 0 Å². The molecule has 0 saturated heterocycles. The maximum Gasteiger partial charge on any atom is 0.307 e. The topological polar surface area (TPSA) is 52.3 Å². The molecule has 76 valence electrons. The summed E-state index contributed by atoms with van der Waals surface area (Å²) in [5.41, 5.74) is 6.45. The SMILES string of the molecule is C[C@@H](N)CC(=O)OCc1ccccc1. The summed E-state index contributed by atoms with van der Waals surface area (Å²) >= 11 is 0. The van der Waals surface area contributed by atoms with Crippen LogP contribution in [0.5, 0.6) is 0 Å². The van der Waals surface area contributed by atoms with Crippen LogP contribution in [0.25, 0.3) is 0 Å². The molecular formula is C11H15NO2. The van der Waals surface area contributed by atoms with Gasteiger partial charge in [-0.25, -0.2) is 0 Å². The first kappa shape index (κ1) is 10.7. The molecule has 14 heavy (non-hydrogen) atoms. The molecule has 0 heterocycles. The van der Waals surface area contributed by atoms with Crippen LogP contribution in [0, 0.1) is 0 Å². The first-order valence-corrected chi connectivity index (χ1v) is 4.63. The number of benzene rings is 1. The van der Waals surface area contributed by atoms with E-state index in [-0.39, 0.29) is 18.4 Å². The van der Waals surface area contributed by atoms with Gasteiger partial charge in [0.1, 0.15) is 6.61 Å². The normalized spacial score (nSPS) is 12.1. The van der Waals surface area contributed by atoms with Crippen molar-refractivity contribution in [3.05, 3.63) is 35.9 Å². The van der Waals surface area contributed by atoms with Gasteiger partial charge in [0, 0.05) is 6.04 Å². The van der Waals surface area contributed by atoms with Gasteiger partial charge in [0.05, 0.1) is 6.42 Å². The number of carbonyl (C=O) groups is 1. The number of ether oxygens (including phenoxy) is 1. The molecule has 0 unspecified atom stereocenters. The van der Waals surface area contributed by atoms with E-state index in [0.717, 1.165) is 5.56 Å². The molecule has 1 aromatic carbocycles. The van der Waals surface area contributed by atoms with Crippen LogP contribution in [0.1, 0.15) is 18.9 Å². The Morgan fingerprint density at radius 1 is 1.43 bits per heavy atom. The summed E-state index contributed by atoms with van der Waals surface area (Å²) in [6, 6.07) is 9.44. The quantitative estimate of drug-likeness (QED) is 0.737. The Labute approximate surface area is 83.9 Å². The van der Waals surface area contributed by atoms with Crippen molar-refractivity contribution in [2.24, 2.45) is 5.73 Å². The zero-order valence-corrected chi connectivity index (χ0v) is 8.27. The maximum atomic E-state index is 11.1. The average Bonchev–Trinajstić information content (AvgIpc) is 2.15. The molecule has 0 radical (unpaired) electrons. The molecule has 0 fully saturated rings. The van der Waals surface area contributed by atoms with E-state index in [4.69, 9.17) is 10.5 Å². The van der Waals surface area contributed by atoms with Crippen molar-refractivity contribution in [2.75, 3.05) is 0 Å². The third-order valence-corrected chi connectivity index (χ3v) is 1.73. The van der Waals surface area contributed by atoms with Crippen molar-refractivity contribution < 1.29 is 9.53 Å². The van der Waals surface area contributed by atoms with Gasteiger partial charge in [-0.05, 0) is 12.5 Å². The summed E-state index contributed by atoms with van der Waals surface area (Å²) in [5, 5.41) is 0. The van der Waals surface area contributed by atoms with Gasteiger partial charge in [0.2, 0.25) is 0 Å². The molecule has 0 aromatic heterocycles. The number of hydrogen-bond donors (Lipinski definition) is 1. The van der Waals surface area contributed by atoms with Crippen molar-refractivity contribution in [1.29, 1.82) is 0 Å².